The van der Waals surface area contributed by atoms with Crippen molar-refractivity contribution in [3.05, 3.63) is 35.9 Å². The number of amides is 1. The third-order valence-electron chi connectivity index (χ3n) is 3.48. The van der Waals surface area contributed by atoms with Crippen LogP contribution in [0.1, 0.15) is 40.2 Å². The summed E-state index contributed by atoms with van der Waals surface area (Å²) in [5.74, 6) is -0.0707. The first-order valence-corrected chi connectivity index (χ1v) is 7.19. The Morgan fingerprint density at radius 1 is 1.14 bits per heavy atom. The first-order valence-electron chi connectivity index (χ1n) is 7.19. The summed E-state index contributed by atoms with van der Waals surface area (Å²) in [6.07, 6.45) is 0.929. The van der Waals surface area contributed by atoms with Gasteiger partial charge in [0, 0.05) is 6.54 Å². The first kappa shape index (κ1) is 19.9. The average molecular weight is 313 g/mol. The highest BCUT2D eigenvalue weighted by atomic mass is 35.5. The molecule has 0 bridgehead atoms. The number of benzene rings is 1. The summed E-state index contributed by atoms with van der Waals surface area (Å²) in [5.41, 5.74) is 7.04. The summed E-state index contributed by atoms with van der Waals surface area (Å²) in [7, 11) is 0. The van der Waals surface area contributed by atoms with Gasteiger partial charge in [-0.2, -0.15) is 0 Å². The number of halogens is 1. The Kier molecular flexibility index (Phi) is 7.41. The van der Waals surface area contributed by atoms with Crippen LogP contribution >= 0.6 is 12.4 Å². The highest BCUT2D eigenvalue weighted by molar-refractivity contribution is 5.85. The Balaban J connectivity index is 0.00000400. The number of hydrogen-bond donors (Lipinski definition) is 2. The number of carbonyl (C=O) groups is 1. The smallest absolute Gasteiger partial charge is 0.237 e. The van der Waals surface area contributed by atoms with E-state index in [0.717, 1.165) is 6.42 Å². The van der Waals surface area contributed by atoms with Gasteiger partial charge in [0.05, 0.1) is 6.04 Å². The van der Waals surface area contributed by atoms with Crippen molar-refractivity contribution in [3.63, 3.8) is 0 Å². The van der Waals surface area contributed by atoms with E-state index >= 15 is 0 Å². The third kappa shape index (κ3) is 6.96. The lowest BCUT2D eigenvalue weighted by molar-refractivity contribution is -0.124. The average Bonchev–Trinajstić information content (AvgIpc) is 2.34. The molecule has 3 N–H and O–H groups in total. The van der Waals surface area contributed by atoms with E-state index in [4.69, 9.17) is 5.73 Å². The second-order valence-electron chi connectivity index (χ2n) is 7.39. The van der Waals surface area contributed by atoms with Crippen LogP contribution in [-0.2, 0) is 11.2 Å². The molecule has 120 valence electrons. The number of nitrogens with two attached hydrogens (primary N) is 1. The van der Waals surface area contributed by atoms with Gasteiger partial charge in [0.15, 0.2) is 0 Å². The summed E-state index contributed by atoms with van der Waals surface area (Å²) < 4.78 is 0. The molecule has 0 aromatic heterocycles. The molecule has 21 heavy (non-hydrogen) atoms. The molecular formula is C17H29ClN2O. The van der Waals surface area contributed by atoms with E-state index < -0.39 is 6.04 Å². The van der Waals surface area contributed by atoms with Crippen molar-refractivity contribution in [2.45, 2.75) is 47.1 Å². The molecule has 0 spiro atoms. The van der Waals surface area contributed by atoms with Gasteiger partial charge in [-0.15, -0.1) is 12.4 Å². The zero-order chi connectivity index (χ0) is 15.4. The Morgan fingerprint density at radius 3 is 2.14 bits per heavy atom. The molecule has 0 radical (unpaired) electrons. The molecule has 0 saturated heterocycles. The van der Waals surface area contributed by atoms with Crippen molar-refractivity contribution in [2.75, 3.05) is 6.54 Å². The van der Waals surface area contributed by atoms with Crippen LogP contribution in [0.5, 0.6) is 0 Å². The van der Waals surface area contributed by atoms with Crippen molar-refractivity contribution in [1.82, 2.24) is 5.32 Å². The number of hydrogen-bond acceptors (Lipinski definition) is 2. The molecule has 1 amide bonds. The quantitative estimate of drug-likeness (QED) is 0.877. The normalized spacial score (nSPS) is 13.2. The van der Waals surface area contributed by atoms with E-state index in [1.807, 2.05) is 39.0 Å². The molecular weight excluding hydrogens is 284 g/mol. The lowest BCUT2D eigenvalue weighted by Gasteiger charge is -2.29. The third-order valence-corrected chi connectivity index (χ3v) is 3.48. The zero-order valence-electron chi connectivity index (χ0n) is 13.8. The van der Waals surface area contributed by atoms with E-state index in [9.17, 15) is 4.79 Å². The number of nitrogens with one attached hydrogen (secondary N) is 1. The molecule has 1 aromatic rings. The van der Waals surface area contributed by atoms with Crippen LogP contribution in [-0.4, -0.2) is 18.5 Å². The molecule has 4 heteroatoms. The van der Waals surface area contributed by atoms with E-state index in [-0.39, 0.29) is 29.1 Å². The van der Waals surface area contributed by atoms with Crippen LogP contribution in [0, 0.1) is 10.8 Å². The van der Waals surface area contributed by atoms with Crippen LogP contribution < -0.4 is 11.1 Å². The summed E-state index contributed by atoms with van der Waals surface area (Å²) in [6.45, 7) is 10.9. The second-order valence-corrected chi connectivity index (χ2v) is 7.39. The molecule has 0 unspecified atom stereocenters. The summed E-state index contributed by atoms with van der Waals surface area (Å²) in [6, 6.07) is 9.85. The van der Waals surface area contributed by atoms with E-state index in [1.54, 1.807) is 0 Å². The van der Waals surface area contributed by atoms with Crippen molar-refractivity contribution in [2.24, 2.45) is 16.6 Å². The van der Waals surface area contributed by atoms with Gasteiger partial charge in [0.2, 0.25) is 5.91 Å². The maximum Gasteiger partial charge on any atom is 0.237 e. The van der Waals surface area contributed by atoms with Gasteiger partial charge in [-0.3, -0.25) is 4.79 Å². The summed E-state index contributed by atoms with van der Waals surface area (Å²) in [4.78, 5) is 12.1. The minimum atomic E-state index is -0.477. The zero-order valence-corrected chi connectivity index (χ0v) is 14.6. The van der Waals surface area contributed by atoms with E-state index in [0.29, 0.717) is 6.54 Å². The fourth-order valence-electron chi connectivity index (χ4n) is 2.04. The van der Waals surface area contributed by atoms with Crippen molar-refractivity contribution in [3.8, 4) is 0 Å². The lowest BCUT2D eigenvalue weighted by atomic mass is 9.84. The van der Waals surface area contributed by atoms with Crippen molar-refractivity contribution >= 4 is 18.3 Å². The maximum atomic E-state index is 12.1. The SMILES string of the molecule is CC(C)(CNC(=O)[C@@H](N)C(C)(C)C)Cc1ccccc1.Cl. The highest BCUT2D eigenvalue weighted by Gasteiger charge is 2.28. The van der Waals surface area contributed by atoms with Gasteiger partial charge in [-0.1, -0.05) is 65.0 Å². The predicted octanol–water partition coefficient (Wildman–Crippen LogP) is 3.17. The maximum absolute atomic E-state index is 12.1. The lowest BCUT2D eigenvalue weighted by Crippen LogP contribution is -2.50. The molecule has 0 heterocycles. The number of rotatable bonds is 5. The standard InChI is InChI=1S/C17H28N2O.ClH/c1-16(2,3)14(18)15(20)19-12-17(4,5)11-13-9-7-6-8-10-13;/h6-10,14H,11-12,18H2,1-5H3,(H,19,20);1H/t14-;/m1./s1. The molecule has 0 aliphatic rings. The molecule has 1 aromatic carbocycles. The van der Waals surface area contributed by atoms with Crippen LogP contribution in [0.15, 0.2) is 30.3 Å². The summed E-state index contributed by atoms with van der Waals surface area (Å²) in [5, 5.41) is 2.99. The number of carbonyl (C=O) groups excluding carboxylic acids is 1. The molecule has 0 fully saturated rings. The van der Waals surface area contributed by atoms with Crippen LogP contribution in [0.4, 0.5) is 0 Å². The second kappa shape index (κ2) is 7.81. The highest BCUT2D eigenvalue weighted by Crippen LogP contribution is 2.22. The van der Waals surface area contributed by atoms with Crippen molar-refractivity contribution in [1.29, 1.82) is 0 Å². The van der Waals surface area contributed by atoms with Gasteiger partial charge in [-0.25, -0.2) is 0 Å². The van der Waals surface area contributed by atoms with Crippen LogP contribution in [0.3, 0.4) is 0 Å². The minimum Gasteiger partial charge on any atom is -0.354 e. The monoisotopic (exact) mass is 312 g/mol. The van der Waals surface area contributed by atoms with Crippen LogP contribution in [0.25, 0.3) is 0 Å². The Bertz CT molecular complexity index is 438. The van der Waals surface area contributed by atoms with Gasteiger partial charge >= 0.3 is 0 Å². The molecule has 0 saturated carbocycles. The van der Waals surface area contributed by atoms with Crippen LogP contribution in [0.2, 0.25) is 0 Å². The van der Waals surface area contributed by atoms with E-state index in [2.05, 4.69) is 31.3 Å². The van der Waals surface area contributed by atoms with Gasteiger partial charge in [-0.05, 0) is 22.8 Å². The Morgan fingerprint density at radius 2 is 1.67 bits per heavy atom. The predicted molar refractivity (Wildman–Crippen MR) is 91.6 cm³/mol. The summed E-state index contributed by atoms with van der Waals surface area (Å²) >= 11 is 0. The molecule has 0 aliphatic carbocycles. The van der Waals surface area contributed by atoms with E-state index in [1.165, 1.54) is 5.56 Å². The Hall–Kier alpha value is -1.06. The van der Waals surface area contributed by atoms with Gasteiger partial charge < -0.3 is 11.1 Å². The molecule has 3 nitrogen and oxygen atoms in total. The first-order chi connectivity index (χ1) is 9.12. The minimum absolute atomic E-state index is 0. The molecule has 0 aliphatic heterocycles. The topological polar surface area (TPSA) is 55.1 Å². The largest absolute Gasteiger partial charge is 0.354 e. The molecule has 1 rings (SSSR count). The molecule has 1 atom stereocenters. The van der Waals surface area contributed by atoms with Crippen molar-refractivity contribution < 1.29 is 4.79 Å². The Labute approximate surface area is 135 Å². The fourth-order valence-corrected chi connectivity index (χ4v) is 2.04. The van der Waals surface area contributed by atoms with Gasteiger partial charge in [0.1, 0.15) is 0 Å². The fraction of sp³-hybridized carbons (Fsp3) is 0.588. The van der Waals surface area contributed by atoms with Gasteiger partial charge in [0.25, 0.3) is 0 Å².